The number of benzene rings is 1. The van der Waals surface area contributed by atoms with Gasteiger partial charge < -0.3 is 29.7 Å². The van der Waals surface area contributed by atoms with Crippen molar-refractivity contribution in [2.45, 2.75) is 45.2 Å². The number of aromatic amines is 1. The van der Waals surface area contributed by atoms with Gasteiger partial charge >= 0.3 is 6.18 Å². The number of thiazole rings is 1. The molecule has 0 saturated carbocycles. The molecule has 0 bridgehead atoms. The van der Waals surface area contributed by atoms with Gasteiger partial charge in [-0.1, -0.05) is 0 Å². The van der Waals surface area contributed by atoms with Gasteiger partial charge in [0.2, 0.25) is 5.56 Å². The minimum absolute atomic E-state index is 0.0152. The van der Waals surface area contributed by atoms with Crippen molar-refractivity contribution in [3.8, 4) is 11.3 Å². The Bertz CT molecular complexity index is 1570. The van der Waals surface area contributed by atoms with Crippen molar-refractivity contribution in [3.05, 3.63) is 56.8 Å². The molecule has 1 amide bonds. The molecule has 2 saturated heterocycles. The Labute approximate surface area is 248 Å². The summed E-state index contributed by atoms with van der Waals surface area (Å²) in [7, 11) is 1.90. The number of piperazine rings is 1. The number of aromatic nitrogens is 2. The van der Waals surface area contributed by atoms with Crippen molar-refractivity contribution in [2.24, 2.45) is 0 Å². The minimum Gasteiger partial charge on any atom is -0.372 e. The molecule has 2 aliphatic heterocycles. The first-order valence-electron chi connectivity index (χ1n) is 13.7. The number of H-pyrrole nitrogens is 1. The van der Waals surface area contributed by atoms with E-state index in [4.69, 9.17) is 4.74 Å². The maximum absolute atomic E-state index is 16.4. The number of carbonyl (C=O) groups is 1. The Morgan fingerprint density at radius 1 is 1.09 bits per heavy atom. The molecule has 2 aliphatic rings. The average molecular weight is 627 g/mol. The number of likely N-dealkylation sites (N-methyl/N-ethyl adjacent to an activating group) is 1. The fourth-order valence-corrected chi connectivity index (χ4v) is 6.25. The Hall–Kier alpha value is -3.56. The summed E-state index contributed by atoms with van der Waals surface area (Å²) < 4.78 is 79.1. The van der Waals surface area contributed by atoms with E-state index in [0.717, 1.165) is 6.07 Å². The van der Waals surface area contributed by atoms with E-state index in [1.165, 1.54) is 16.7 Å². The predicted molar refractivity (Wildman–Crippen MR) is 154 cm³/mol. The number of nitrogens with zero attached hydrogens (tertiary/aromatic N) is 4. The lowest BCUT2D eigenvalue weighted by atomic mass is 10.0. The smallest absolute Gasteiger partial charge is 0.372 e. The van der Waals surface area contributed by atoms with Gasteiger partial charge in [-0.3, -0.25) is 9.59 Å². The third-order valence-electron chi connectivity index (χ3n) is 7.65. The Balaban J connectivity index is 1.58. The molecule has 0 radical (unpaired) electrons. The van der Waals surface area contributed by atoms with Gasteiger partial charge in [0.1, 0.15) is 11.5 Å². The minimum atomic E-state index is -5.03. The summed E-state index contributed by atoms with van der Waals surface area (Å²) in [4.78, 5) is 37.1. The van der Waals surface area contributed by atoms with Crippen molar-refractivity contribution < 1.29 is 31.5 Å². The number of hydrogen-bond donors (Lipinski definition) is 2. The van der Waals surface area contributed by atoms with E-state index in [9.17, 15) is 22.8 Å². The van der Waals surface area contributed by atoms with Crippen LogP contribution in [-0.4, -0.2) is 78.8 Å². The Kier molecular flexibility index (Phi) is 8.51. The molecule has 3 aromatic rings. The van der Waals surface area contributed by atoms with Gasteiger partial charge in [0.05, 0.1) is 40.3 Å². The molecule has 232 valence electrons. The highest BCUT2D eigenvalue weighted by atomic mass is 32.1. The maximum atomic E-state index is 16.4. The van der Waals surface area contributed by atoms with Crippen LogP contribution < -0.4 is 20.7 Å². The Morgan fingerprint density at radius 3 is 2.44 bits per heavy atom. The van der Waals surface area contributed by atoms with Crippen molar-refractivity contribution in [1.82, 2.24) is 14.9 Å². The van der Waals surface area contributed by atoms with Gasteiger partial charge in [0.25, 0.3) is 5.91 Å². The van der Waals surface area contributed by atoms with Gasteiger partial charge in [-0.2, -0.15) is 13.2 Å². The highest BCUT2D eigenvalue weighted by Gasteiger charge is 2.37. The average Bonchev–Trinajstić information content (AvgIpc) is 3.40. The van der Waals surface area contributed by atoms with E-state index < -0.39 is 51.7 Å². The largest absolute Gasteiger partial charge is 0.417 e. The molecular weight excluding hydrogens is 595 g/mol. The molecule has 1 aromatic carbocycles. The first kappa shape index (κ1) is 30.9. The van der Waals surface area contributed by atoms with Crippen LogP contribution in [0.4, 0.5) is 38.5 Å². The lowest BCUT2D eigenvalue weighted by molar-refractivity contribution is -0.138. The van der Waals surface area contributed by atoms with E-state index in [0.29, 0.717) is 44.1 Å². The van der Waals surface area contributed by atoms with E-state index >= 15 is 8.78 Å². The SMILES string of the molecule is CC1CN(c2cc(F)c(-c3csc(N4C[C@@H](C)O[C@@H](C)C4)n3)c(F)c2NC(=O)c2c[nH]c(=O)cc2C(F)(F)F)CCN1C. The lowest BCUT2D eigenvalue weighted by Crippen LogP contribution is -2.50. The van der Waals surface area contributed by atoms with Crippen LogP contribution >= 0.6 is 11.3 Å². The van der Waals surface area contributed by atoms with Crippen LogP contribution in [0.15, 0.2) is 28.5 Å². The summed E-state index contributed by atoms with van der Waals surface area (Å²) in [5.74, 6) is -3.43. The summed E-state index contributed by atoms with van der Waals surface area (Å²) >= 11 is 1.19. The predicted octanol–water partition coefficient (Wildman–Crippen LogP) is 4.80. The van der Waals surface area contributed by atoms with E-state index in [1.807, 2.05) is 32.7 Å². The van der Waals surface area contributed by atoms with Gasteiger partial charge in [-0.15, -0.1) is 11.3 Å². The zero-order valence-electron chi connectivity index (χ0n) is 23.9. The number of anilines is 3. The van der Waals surface area contributed by atoms with Gasteiger partial charge in [-0.25, -0.2) is 13.8 Å². The first-order chi connectivity index (χ1) is 20.2. The number of alkyl halides is 3. The second kappa shape index (κ2) is 11.8. The van der Waals surface area contributed by atoms with Crippen LogP contribution in [0.2, 0.25) is 0 Å². The van der Waals surface area contributed by atoms with Crippen molar-refractivity contribution in [2.75, 3.05) is 54.9 Å². The normalized spacial score (nSPS) is 21.7. The number of ether oxygens (including phenoxy) is 1. The van der Waals surface area contributed by atoms with Crippen molar-refractivity contribution in [3.63, 3.8) is 0 Å². The quantitative estimate of drug-likeness (QED) is 0.393. The van der Waals surface area contributed by atoms with Crippen LogP contribution in [0.1, 0.15) is 36.7 Å². The maximum Gasteiger partial charge on any atom is 0.417 e. The lowest BCUT2D eigenvalue weighted by Gasteiger charge is -2.39. The molecule has 43 heavy (non-hydrogen) atoms. The zero-order valence-corrected chi connectivity index (χ0v) is 24.7. The number of hydrogen-bond acceptors (Lipinski definition) is 8. The van der Waals surface area contributed by atoms with Crippen LogP contribution in [0.3, 0.4) is 0 Å². The van der Waals surface area contributed by atoms with Crippen molar-refractivity contribution in [1.29, 1.82) is 0 Å². The van der Waals surface area contributed by atoms with Crippen molar-refractivity contribution >= 4 is 33.8 Å². The molecule has 2 N–H and O–H groups in total. The fourth-order valence-electron chi connectivity index (χ4n) is 5.41. The van der Waals surface area contributed by atoms with Crippen LogP contribution in [-0.2, 0) is 10.9 Å². The summed E-state index contributed by atoms with van der Waals surface area (Å²) in [5.41, 5.74) is -4.50. The van der Waals surface area contributed by atoms with E-state index in [-0.39, 0.29) is 35.7 Å². The number of amides is 1. The summed E-state index contributed by atoms with van der Waals surface area (Å²) in [6.07, 6.45) is -4.57. The van der Waals surface area contributed by atoms with E-state index in [2.05, 4.69) is 20.2 Å². The molecule has 2 aromatic heterocycles. The number of morpholine rings is 1. The Morgan fingerprint density at radius 2 is 1.79 bits per heavy atom. The van der Waals surface area contributed by atoms with Gasteiger partial charge in [-0.05, 0) is 27.8 Å². The monoisotopic (exact) mass is 626 g/mol. The first-order valence-corrected chi connectivity index (χ1v) is 14.6. The highest BCUT2D eigenvalue weighted by molar-refractivity contribution is 7.14. The number of halogens is 5. The van der Waals surface area contributed by atoms with Gasteiger partial charge in [0.15, 0.2) is 10.9 Å². The molecule has 2 fully saturated rings. The van der Waals surface area contributed by atoms with Crippen LogP contribution in [0.5, 0.6) is 0 Å². The molecule has 3 atom stereocenters. The summed E-state index contributed by atoms with van der Waals surface area (Å²) in [6.45, 7) is 8.05. The molecule has 15 heteroatoms. The number of carbonyl (C=O) groups excluding carboxylic acids is 1. The molecular formula is C28H31F5N6O3S. The standard InChI is InChI=1S/C28H31F5N6O3S/c1-14-10-38(6-5-37(14)4)21-8-19(29)23(20-13-43-27(35-20)39-11-15(2)42-16(3)12-39)24(30)25(21)36-26(41)17-9-34-22(40)7-18(17)28(31,32)33/h7-9,13-16H,5-6,10-12H2,1-4H3,(H,34,40)(H,36,41)/t14?,15-,16+. The van der Waals surface area contributed by atoms with E-state index in [1.54, 1.807) is 4.90 Å². The number of rotatable bonds is 5. The molecule has 5 rings (SSSR count). The molecule has 0 aliphatic carbocycles. The third kappa shape index (κ3) is 6.38. The summed E-state index contributed by atoms with van der Waals surface area (Å²) in [5, 5.41) is 4.28. The molecule has 9 nitrogen and oxygen atoms in total. The fraction of sp³-hybridized carbons (Fsp3) is 0.464. The highest BCUT2D eigenvalue weighted by Crippen LogP contribution is 2.41. The van der Waals surface area contributed by atoms with Gasteiger partial charge in [0, 0.05) is 62.5 Å². The zero-order chi connectivity index (χ0) is 31.2. The van der Waals surface area contributed by atoms with Crippen LogP contribution in [0.25, 0.3) is 11.3 Å². The second-order valence-corrected chi connectivity index (χ2v) is 11.8. The third-order valence-corrected chi connectivity index (χ3v) is 8.55. The van der Waals surface area contributed by atoms with Crippen LogP contribution in [0, 0.1) is 11.6 Å². The topological polar surface area (TPSA) is 93.8 Å². The second-order valence-electron chi connectivity index (χ2n) is 11.0. The number of pyridine rings is 1. The molecule has 1 unspecified atom stereocenters. The molecule has 4 heterocycles. The molecule has 0 spiro atoms. The summed E-state index contributed by atoms with van der Waals surface area (Å²) in [6, 6.07) is 1.31. The number of nitrogens with one attached hydrogen (secondary N) is 2.